The summed E-state index contributed by atoms with van der Waals surface area (Å²) in [5.41, 5.74) is 4.41. The molecule has 1 aliphatic rings. The standard InChI is InChI=1S/C29H29N5O4S/c1-20-3-5-22(6-4-20)28(36)34-17-15-33(16-18-34)24-11-9-23(10-12-24)30-26(35)19-39-29-32-31-27(38-29)21-7-13-25(37-2)14-8-21/h3-14H,15-19H2,1-2H3,(H,30,35). The minimum Gasteiger partial charge on any atom is -0.497 e. The molecule has 5 rings (SSSR count). The van der Waals surface area contributed by atoms with Crippen molar-refractivity contribution in [3.8, 4) is 17.2 Å². The summed E-state index contributed by atoms with van der Waals surface area (Å²) >= 11 is 1.18. The number of aromatic nitrogens is 2. The number of thioether (sulfide) groups is 1. The zero-order chi connectivity index (χ0) is 27.2. The van der Waals surface area contributed by atoms with Crippen LogP contribution in [-0.2, 0) is 4.79 Å². The fraction of sp³-hybridized carbons (Fsp3) is 0.241. The van der Waals surface area contributed by atoms with Gasteiger partial charge in [0.25, 0.3) is 11.1 Å². The number of benzene rings is 3. The molecule has 2 heterocycles. The fourth-order valence-corrected chi connectivity index (χ4v) is 4.81. The quantitative estimate of drug-likeness (QED) is 0.318. The third-order valence-corrected chi connectivity index (χ3v) is 7.27. The Kier molecular flexibility index (Phi) is 8.12. The van der Waals surface area contributed by atoms with E-state index in [2.05, 4.69) is 20.4 Å². The first kappa shape index (κ1) is 26.3. The number of hydrogen-bond donors (Lipinski definition) is 1. The highest BCUT2D eigenvalue weighted by Crippen LogP contribution is 2.25. The van der Waals surface area contributed by atoms with Crippen molar-refractivity contribution in [1.82, 2.24) is 15.1 Å². The highest BCUT2D eigenvalue weighted by Gasteiger charge is 2.22. The van der Waals surface area contributed by atoms with E-state index in [1.54, 1.807) is 7.11 Å². The fourth-order valence-electron chi connectivity index (χ4n) is 4.24. The highest BCUT2D eigenvalue weighted by atomic mass is 32.2. The van der Waals surface area contributed by atoms with Gasteiger partial charge >= 0.3 is 0 Å². The van der Waals surface area contributed by atoms with Gasteiger partial charge in [-0.3, -0.25) is 9.59 Å². The van der Waals surface area contributed by atoms with Gasteiger partial charge in [0.2, 0.25) is 11.8 Å². The normalized spacial score (nSPS) is 13.3. The third kappa shape index (κ3) is 6.58. The lowest BCUT2D eigenvalue weighted by Crippen LogP contribution is -2.48. The van der Waals surface area contributed by atoms with Gasteiger partial charge in [-0.15, -0.1) is 10.2 Å². The first-order chi connectivity index (χ1) is 19.0. The molecule has 0 atom stereocenters. The second kappa shape index (κ2) is 12.0. The Morgan fingerprint density at radius 3 is 2.28 bits per heavy atom. The Bertz CT molecular complexity index is 1410. The number of hydrogen-bond acceptors (Lipinski definition) is 8. The zero-order valence-corrected chi connectivity index (χ0v) is 22.6. The highest BCUT2D eigenvalue weighted by molar-refractivity contribution is 7.99. The van der Waals surface area contributed by atoms with Crippen molar-refractivity contribution in [2.75, 3.05) is 49.3 Å². The van der Waals surface area contributed by atoms with Gasteiger partial charge < -0.3 is 24.3 Å². The van der Waals surface area contributed by atoms with Crippen LogP contribution < -0.4 is 15.0 Å². The lowest BCUT2D eigenvalue weighted by atomic mass is 10.1. The number of nitrogens with zero attached hydrogens (tertiary/aromatic N) is 4. The van der Waals surface area contributed by atoms with Crippen LogP contribution in [0.1, 0.15) is 15.9 Å². The number of aryl methyl sites for hydroxylation is 1. The molecule has 0 aliphatic carbocycles. The summed E-state index contributed by atoms with van der Waals surface area (Å²) in [4.78, 5) is 29.4. The summed E-state index contributed by atoms with van der Waals surface area (Å²) in [6.07, 6.45) is 0. The Hall–Kier alpha value is -4.31. The molecule has 0 saturated carbocycles. The van der Waals surface area contributed by atoms with Gasteiger partial charge in [0, 0.05) is 48.7 Å². The van der Waals surface area contributed by atoms with Crippen LogP contribution in [0.4, 0.5) is 11.4 Å². The smallest absolute Gasteiger partial charge is 0.277 e. The van der Waals surface area contributed by atoms with E-state index in [4.69, 9.17) is 9.15 Å². The summed E-state index contributed by atoms with van der Waals surface area (Å²) in [6, 6.07) is 22.8. The van der Waals surface area contributed by atoms with Crippen molar-refractivity contribution >= 4 is 35.0 Å². The van der Waals surface area contributed by atoms with E-state index in [9.17, 15) is 9.59 Å². The monoisotopic (exact) mass is 543 g/mol. The van der Waals surface area contributed by atoms with Gasteiger partial charge in [-0.05, 0) is 67.6 Å². The average molecular weight is 544 g/mol. The number of rotatable bonds is 8. The number of amides is 2. The summed E-state index contributed by atoms with van der Waals surface area (Å²) in [5.74, 6) is 1.17. The predicted octanol–water partition coefficient (Wildman–Crippen LogP) is 4.75. The molecule has 1 aliphatic heterocycles. The summed E-state index contributed by atoms with van der Waals surface area (Å²) in [5, 5.41) is 11.3. The third-order valence-electron chi connectivity index (χ3n) is 6.45. The van der Waals surface area contributed by atoms with Crippen LogP contribution in [-0.4, -0.2) is 66.0 Å². The minimum absolute atomic E-state index is 0.0723. The molecule has 0 spiro atoms. The largest absolute Gasteiger partial charge is 0.497 e. The molecule has 10 heteroatoms. The summed E-state index contributed by atoms with van der Waals surface area (Å²) in [7, 11) is 1.61. The van der Waals surface area contributed by atoms with Gasteiger partial charge in [-0.25, -0.2) is 0 Å². The van der Waals surface area contributed by atoms with Crippen molar-refractivity contribution in [2.24, 2.45) is 0 Å². The Labute approximate surface area is 231 Å². The number of carbonyl (C=O) groups is 2. The van der Waals surface area contributed by atoms with Gasteiger partial charge in [-0.2, -0.15) is 0 Å². The van der Waals surface area contributed by atoms with E-state index < -0.39 is 0 Å². The molecule has 3 aromatic carbocycles. The maximum atomic E-state index is 12.8. The lowest BCUT2D eigenvalue weighted by molar-refractivity contribution is -0.113. The topological polar surface area (TPSA) is 101 Å². The molecule has 1 N–H and O–H groups in total. The SMILES string of the molecule is COc1ccc(-c2nnc(SCC(=O)Nc3ccc(N4CCN(C(=O)c5ccc(C)cc5)CC4)cc3)o2)cc1. The van der Waals surface area contributed by atoms with Gasteiger partial charge in [-0.1, -0.05) is 29.5 Å². The average Bonchev–Trinajstić information content (AvgIpc) is 3.46. The Morgan fingerprint density at radius 1 is 0.923 bits per heavy atom. The predicted molar refractivity (Wildman–Crippen MR) is 151 cm³/mol. The Balaban J connectivity index is 1.08. The van der Waals surface area contributed by atoms with E-state index in [-0.39, 0.29) is 17.6 Å². The maximum Gasteiger partial charge on any atom is 0.277 e. The van der Waals surface area contributed by atoms with E-state index in [0.29, 0.717) is 29.9 Å². The van der Waals surface area contributed by atoms with Crippen LogP contribution in [0, 0.1) is 6.92 Å². The molecule has 2 amide bonds. The number of nitrogens with one attached hydrogen (secondary N) is 1. The molecule has 0 unspecified atom stereocenters. The second-order valence-electron chi connectivity index (χ2n) is 9.13. The molecule has 200 valence electrons. The molecule has 39 heavy (non-hydrogen) atoms. The second-order valence-corrected chi connectivity index (χ2v) is 10.1. The van der Waals surface area contributed by atoms with Gasteiger partial charge in [0.05, 0.1) is 12.9 Å². The summed E-state index contributed by atoms with van der Waals surface area (Å²) < 4.78 is 10.8. The minimum atomic E-state index is -0.167. The molecule has 0 radical (unpaired) electrons. The van der Waals surface area contributed by atoms with Crippen molar-refractivity contribution in [1.29, 1.82) is 0 Å². The van der Waals surface area contributed by atoms with Crippen LogP contribution in [0.5, 0.6) is 5.75 Å². The number of carbonyl (C=O) groups excluding carboxylic acids is 2. The number of piperazine rings is 1. The van der Waals surface area contributed by atoms with E-state index in [0.717, 1.165) is 41.2 Å². The van der Waals surface area contributed by atoms with Crippen LogP contribution in [0.15, 0.2) is 82.4 Å². The Morgan fingerprint density at radius 2 is 1.62 bits per heavy atom. The first-order valence-corrected chi connectivity index (χ1v) is 13.6. The van der Waals surface area contributed by atoms with Crippen molar-refractivity contribution in [2.45, 2.75) is 12.1 Å². The maximum absolute atomic E-state index is 12.8. The van der Waals surface area contributed by atoms with Gasteiger partial charge in [0.1, 0.15) is 5.75 Å². The molecule has 1 fully saturated rings. The van der Waals surface area contributed by atoms with Crippen molar-refractivity contribution in [3.05, 3.63) is 83.9 Å². The lowest BCUT2D eigenvalue weighted by Gasteiger charge is -2.36. The summed E-state index contributed by atoms with van der Waals surface area (Å²) in [6.45, 7) is 4.85. The number of anilines is 2. The molecule has 4 aromatic rings. The van der Waals surface area contributed by atoms with Crippen LogP contribution >= 0.6 is 11.8 Å². The first-order valence-electron chi connectivity index (χ1n) is 12.6. The van der Waals surface area contributed by atoms with Crippen molar-refractivity contribution < 1.29 is 18.7 Å². The van der Waals surface area contributed by atoms with Gasteiger partial charge in [0.15, 0.2) is 0 Å². The molecule has 0 bridgehead atoms. The number of methoxy groups -OCH3 is 1. The van der Waals surface area contributed by atoms with Crippen molar-refractivity contribution in [3.63, 3.8) is 0 Å². The molecule has 9 nitrogen and oxygen atoms in total. The van der Waals surface area contributed by atoms with Crippen LogP contribution in [0.25, 0.3) is 11.5 Å². The van der Waals surface area contributed by atoms with Crippen LogP contribution in [0.3, 0.4) is 0 Å². The molecular weight excluding hydrogens is 514 g/mol. The number of ether oxygens (including phenoxy) is 1. The zero-order valence-electron chi connectivity index (χ0n) is 21.8. The molecular formula is C29H29N5O4S. The van der Waals surface area contributed by atoms with E-state index in [1.165, 1.54) is 11.8 Å². The van der Waals surface area contributed by atoms with E-state index >= 15 is 0 Å². The molecule has 1 saturated heterocycles. The van der Waals surface area contributed by atoms with E-state index in [1.807, 2.05) is 84.6 Å². The molecule has 1 aromatic heterocycles. The van der Waals surface area contributed by atoms with Crippen LogP contribution in [0.2, 0.25) is 0 Å².